The molecule has 1 saturated heterocycles. The SMILES string of the molecule is C[C@@H]1CO[C@@H](C)CN1S(=O)(=O)c1ccc2c(c1)OCCO2. The second kappa shape index (κ2) is 5.47. The van der Waals surface area contributed by atoms with Crippen LogP contribution in [-0.2, 0) is 14.8 Å². The molecule has 2 aliphatic rings. The van der Waals surface area contributed by atoms with Gasteiger partial charge < -0.3 is 14.2 Å². The largest absolute Gasteiger partial charge is 0.486 e. The van der Waals surface area contributed by atoms with Crippen LogP contribution in [0.1, 0.15) is 13.8 Å². The second-order valence-electron chi connectivity index (χ2n) is 5.37. The summed E-state index contributed by atoms with van der Waals surface area (Å²) in [5.74, 6) is 1.07. The van der Waals surface area contributed by atoms with E-state index >= 15 is 0 Å². The summed E-state index contributed by atoms with van der Waals surface area (Å²) in [6, 6.07) is 4.57. The van der Waals surface area contributed by atoms with Crippen LogP contribution < -0.4 is 9.47 Å². The van der Waals surface area contributed by atoms with E-state index in [9.17, 15) is 8.42 Å². The molecule has 0 saturated carbocycles. The number of hydrogen-bond acceptors (Lipinski definition) is 5. The van der Waals surface area contributed by atoms with Gasteiger partial charge in [0.1, 0.15) is 13.2 Å². The Hall–Kier alpha value is -1.31. The predicted molar refractivity (Wildman–Crippen MR) is 76.2 cm³/mol. The average molecular weight is 313 g/mol. The molecule has 1 fully saturated rings. The summed E-state index contributed by atoms with van der Waals surface area (Å²) >= 11 is 0. The van der Waals surface area contributed by atoms with Gasteiger partial charge in [-0.15, -0.1) is 0 Å². The highest BCUT2D eigenvalue weighted by Crippen LogP contribution is 2.34. The van der Waals surface area contributed by atoms with Gasteiger partial charge in [0.2, 0.25) is 10.0 Å². The molecular weight excluding hydrogens is 294 g/mol. The second-order valence-corrected chi connectivity index (χ2v) is 7.26. The highest BCUT2D eigenvalue weighted by molar-refractivity contribution is 7.89. The van der Waals surface area contributed by atoms with E-state index in [1.54, 1.807) is 12.1 Å². The zero-order valence-corrected chi connectivity index (χ0v) is 12.9. The Kier molecular flexibility index (Phi) is 3.81. The fourth-order valence-electron chi connectivity index (χ4n) is 2.53. The lowest BCUT2D eigenvalue weighted by Crippen LogP contribution is -2.50. The Bertz CT molecular complexity index is 630. The third-order valence-electron chi connectivity index (χ3n) is 3.67. The maximum absolute atomic E-state index is 12.8. The van der Waals surface area contributed by atoms with Gasteiger partial charge in [0.25, 0.3) is 0 Å². The smallest absolute Gasteiger partial charge is 0.243 e. The molecule has 116 valence electrons. The molecule has 2 atom stereocenters. The van der Waals surface area contributed by atoms with Crippen molar-refractivity contribution in [2.24, 2.45) is 0 Å². The minimum atomic E-state index is -3.56. The van der Waals surface area contributed by atoms with Crippen molar-refractivity contribution in [3.63, 3.8) is 0 Å². The number of rotatable bonds is 2. The summed E-state index contributed by atoms with van der Waals surface area (Å²) in [4.78, 5) is 0.229. The quantitative estimate of drug-likeness (QED) is 0.822. The number of hydrogen-bond donors (Lipinski definition) is 0. The lowest BCUT2D eigenvalue weighted by Gasteiger charge is -2.35. The zero-order chi connectivity index (χ0) is 15.0. The van der Waals surface area contributed by atoms with Crippen LogP contribution in [0.15, 0.2) is 23.1 Å². The maximum Gasteiger partial charge on any atom is 0.243 e. The van der Waals surface area contributed by atoms with Gasteiger partial charge in [0.15, 0.2) is 11.5 Å². The van der Waals surface area contributed by atoms with E-state index < -0.39 is 10.0 Å². The van der Waals surface area contributed by atoms with E-state index in [4.69, 9.17) is 14.2 Å². The normalized spacial score (nSPS) is 26.6. The highest BCUT2D eigenvalue weighted by Gasteiger charge is 2.34. The standard InChI is InChI=1S/C14H19NO5S/c1-10-9-20-11(2)8-15(10)21(16,17)12-3-4-13-14(7-12)19-6-5-18-13/h3-4,7,10-11H,5-6,8-9H2,1-2H3/t10-,11+/m1/s1. The van der Waals surface area contributed by atoms with Crippen LogP contribution in [0.4, 0.5) is 0 Å². The van der Waals surface area contributed by atoms with Gasteiger partial charge in [-0.2, -0.15) is 4.31 Å². The molecule has 3 rings (SSSR count). The molecule has 0 radical (unpaired) electrons. The molecule has 1 aromatic rings. The number of benzene rings is 1. The van der Waals surface area contributed by atoms with E-state index in [1.165, 1.54) is 10.4 Å². The molecule has 7 heteroatoms. The van der Waals surface area contributed by atoms with Gasteiger partial charge in [0, 0.05) is 18.7 Å². The molecule has 0 bridgehead atoms. The minimum absolute atomic E-state index is 0.104. The summed E-state index contributed by atoms with van der Waals surface area (Å²) < 4.78 is 43.5. The van der Waals surface area contributed by atoms with Crippen LogP contribution in [0.2, 0.25) is 0 Å². The molecule has 6 nitrogen and oxygen atoms in total. The molecule has 1 aromatic carbocycles. The first kappa shape index (κ1) is 14.6. The van der Waals surface area contributed by atoms with Crippen molar-refractivity contribution >= 4 is 10.0 Å². The summed E-state index contributed by atoms with van der Waals surface area (Å²) in [5, 5.41) is 0. The summed E-state index contributed by atoms with van der Waals surface area (Å²) in [6.45, 7) is 5.40. The van der Waals surface area contributed by atoms with Crippen LogP contribution in [-0.4, -0.2) is 51.2 Å². The zero-order valence-electron chi connectivity index (χ0n) is 12.1. The molecular formula is C14H19NO5S. The first-order chi connectivity index (χ1) is 9.98. The number of nitrogens with zero attached hydrogens (tertiary/aromatic N) is 1. The number of morpholine rings is 1. The first-order valence-electron chi connectivity index (χ1n) is 7.01. The van der Waals surface area contributed by atoms with Crippen LogP contribution in [0.3, 0.4) is 0 Å². The Morgan fingerprint density at radius 2 is 1.86 bits per heavy atom. The number of sulfonamides is 1. The fraction of sp³-hybridized carbons (Fsp3) is 0.571. The van der Waals surface area contributed by atoms with Gasteiger partial charge in [-0.25, -0.2) is 8.42 Å². The van der Waals surface area contributed by atoms with Crippen molar-refractivity contribution in [1.82, 2.24) is 4.31 Å². The molecule has 0 amide bonds. The monoisotopic (exact) mass is 313 g/mol. The molecule has 2 heterocycles. The Balaban J connectivity index is 1.94. The van der Waals surface area contributed by atoms with Crippen molar-refractivity contribution < 1.29 is 22.6 Å². The number of ether oxygens (including phenoxy) is 3. The van der Waals surface area contributed by atoms with E-state index in [-0.39, 0.29) is 17.0 Å². The number of fused-ring (bicyclic) bond motifs is 1. The maximum atomic E-state index is 12.8. The van der Waals surface area contributed by atoms with E-state index in [0.717, 1.165) is 0 Å². The molecule has 2 aliphatic heterocycles. The molecule has 0 unspecified atom stereocenters. The molecule has 0 N–H and O–H groups in total. The van der Waals surface area contributed by atoms with Gasteiger partial charge in [-0.3, -0.25) is 0 Å². The highest BCUT2D eigenvalue weighted by atomic mass is 32.2. The first-order valence-corrected chi connectivity index (χ1v) is 8.45. The van der Waals surface area contributed by atoms with Crippen molar-refractivity contribution in [1.29, 1.82) is 0 Å². The van der Waals surface area contributed by atoms with E-state index in [2.05, 4.69) is 0 Å². The van der Waals surface area contributed by atoms with Gasteiger partial charge in [-0.1, -0.05) is 0 Å². The van der Waals surface area contributed by atoms with Crippen molar-refractivity contribution in [3.8, 4) is 11.5 Å². The lowest BCUT2D eigenvalue weighted by atomic mass is 10.2. The van der Waals surface area contributed by atoms with E-state index in [0.29, 0.717) is 37.9 Å². The van der Waals surface area contributed by atoms with Crippen molar-refractivity contribution in [2.75, 3.05) is 26.4 Å². The molecule has 0 aromatic heterocycles. The Morgan fingerprint density at radius 1 is 1.14 bits per heavy atom. The summed E-state index contributed by atoms with van der Waals surface area (Å²) in [6.07, 6.45) is -0.104. The Labute approximate surface area is 124 Å². The topological polar surface area (TPSA) is 65.1 Å². The lowest BCUT2D eigenvalue weighted by molar-refractivity contribution is -0.0170. The Morgan fingerprint density at radius 3 is 2.62 bits per heavy atom. The van der Waals surface area contributed by atoms with Crippen LogP contribution in [0, 0.1) is 0 Å². The van der Waals surface area contributed by atoms with E-state index in [1.807, 2.05) is 13.8 Å². The molecule has 0 spiro atoms. The van der Waals surface area contributed by atoms with Gasteiger partial charge in [-0.05, 0) is 26.0 Å². The fourth-order valence-corrected chi connectivity index (χ4v) is 4.23. The van der Waals surface area contributed by atoms with Crippen LogP contribution >= 0.6 is 0 Å². The summed E-state index contributed by atoms with van der Waals surface area (Å²) in [7, 11) is -3.56. The predicted octanol–water partition coefficient (Wildman–Crippen LogP) is 1.26. The molecule has 0 aliphatic carbocycles. The average Bonchev–Trinajstić information content (AvgIpc) is 2.49. The summed E-state index contributed by atoms with van der Waals surface area (Å²) in [5.41, 5.74) is 0. The van der Waals surface area contributed by atoms with Crippen molar-refractivity contribution in [2.45, 2.75) is 30.9 Å². The minimum Gasteiger partial charge on any atom is -0.486 e. The van der Waals surface area contributed by atoms with Crippen molar-refractivity contribution in [3.05, 3.63) is 18.2 Å². The third kappa shape index (κ3) is 2.73. The van der Waals surface area contributed by atoms with Crippen LogP contribution in [0.5, 0.6) is 11.5 Å². The molecule has 21 heavy (non-hydrogen) atoms. The van der Waals surface area contributed by atoms with Gasteiger partial charge >= 0.3 is 0 Å². The third-order valence-corrected chi connectivity index (χ3v) is 5.65. The van der Waals surface area contributed by atoms with Crippen LogP contribution in [0.25, 0.3) is 0 Å². The van der Waals surface area contributed by atoms with Gasteiger partial charge in [0.05, 0.1) is 17.6 Å².